The van der Waals surface area contributed by atoms with E-state index in [0.29, 0.717) is 11.6 Å². The van der Waals surface area contributed by atoms with E-state index in [9.17, 15) is 9.59 Å². The van der Waals surface area contributed by atoms with Crippen molar-refractivity contribution < 1.29 is 14.0 Å². The van der Waals surface area contributed by atoms with Crippen molar-refractivity contribution in [1.29, 1.82) is 0 Å². The molecule has 0 fully saturated rings. The van der Waals surface area contributed by atoms with E-state index in [1.165, 1.54) is 12.3 Å². The van der Waals surface area contributed by atoms with E-state index in [-0.39, 0.29) is 17.4 Å². The van der Waals surface area contributed by atoms with Crippen LogP contribution in [0.4, 0.5) is 0 Å². The molecule has 0 aliphatic heterocycles. The molecule has 0 saturated heterocycles. The third kappa shape index (κ3) is 6.82. The Balaban J connectivity index is 1.58. The molecule has 1 heterocycles. The van der Waals surface area contributed by atoms with Crippen molar-refractivity contribution in [3.63, 3.8) is 0 Å². The van der Waals surface area contributed by atoms with Gasteiger partial charge in [-0.15, -0.1) is 0 Å². The highest BCUT2D eigenvalue weighted by Crippen LogP contribution is 2.09. The molecule has 0 spiro atoms. The van der Waals surface area contributed by atoms with Gasteiger partial charge >= 0.3 is 0 Å². The topological polar surface area (TPSA) is 95.4 Å². The number of amides is 2. The zero-order valence-corrected chi connectivity index (χ0v) is 14.7. The number of hydrazine groups is 1. The monoisotopic (exact) mass is 380 g/mol. The fraction of sp³-hybridized carbons (Fsp3) is 0.188. The smallest absolute Gasteiger partial charge is 0.287 e. The molecule has 1 aromatic heterocycles. The number of rotatable bonds is 6. The van der Waals surface area contributed by atoms with E-state index in [4.69, 9.17) is 28.2 Å². The molecule has 132 valence electrons. The van der Waals surface area contributed by atoms with E-state index < -0.39 is 11.8 Å². The van der Waals surface area contributed by atoms with Gasteiger partial charge in [-0.1, -0.05) is 23.7 Å². The molecular weight excluding hydrogens is 364 g/mol. The lowest BCUT2D eigenvalue weighted by Gasteiger charge is -2.11. The average Bonchev–Trinajstić information content (AvgIpc) is 3.14. The first-order chi connectivity index (χ1) is 12.0. The quantitative estimate of drug-likeness (QED) is 0.447. The molecule has 0 saturated carbocycles. The summed E-state index contributed by atoms with van der Waals surface area (Å²) in [6, 6.07) is 10.6. The van der Waals surface area contributed by atoms with Crippen LogP contribution in [0.5, 0.6) is 0 Å². The second-order valence-electron chi connectivity index (χ2n) is 4.97. The number of carbonyl (C=O) groups is 2. The van der Waals surface area contributed by atoms with E-state index in [0.717, 1.165) is 12.0 Å². The van der Waals surface area contributed by atoms with Crippen molar-refractivity contribution in [3.05, 3.63) is 59.0 Å². The van der Waals surface area contributed by atoms with Gasteiger partial charge in [-0.25, -0.2) is 0 Å². The average molecular weight is 381 g/mol. The Kier molecular flexibility index (Phi) is 7.24. The van der Waals surface area contributed by atoms with Gasteiger partial charge in [0.05, 0.1) is 12.8 Å². The van der Waals surface area contributed by atoms with Crippen molar-refractivity contribution in [2.75, 3.05) is 13.1 Å². The first-order valence-electron chi connectivity index (χ1n) is 7.43. The van der Waals surface area contributed by atoms with Gasteiger partial charge in [-0.2, -0.15) is 0 Å². The van der Waals surface area contributed by atoms with Crippen LogP contribution in [-0.2, 0) is 11.2 Å². The highest BCUT2D eigenvalue weighted by atomic mass is 35.5. The predicted molar refractivity (Wildman–Crippen MR) is 98.1 cm³/mol. The molecule has 4 N–H and O–H groups in total. The number of thiocarbonyl (C=S) groups is 1. The van der Waals surface area contributed by atoms with Gasteiger partial charge in [-0.3, -0.25) is 20.4 Å². The molecule has 0 bridgehead atoms. The van der Waals surface area contributed by atoms with Crippen LogP contribution in [0.1, 0.15) is 16.1 Å². The second kappa shape index (κ2) is 9.65. The standard InChI is InChI=1S/C16H17ClN4O3S/c17-12-5-3-11(4-6-12)7-8-18-16(25)21-20-14(22)10-19-15(23)13-2-1-9-24-13/h1-6,9H,7-8,10H2,(H,19,23)(H,20,22)(H2,18,21,25). The summed E-state index contributed by atoms with van der Waals surface area (Å²) in [6.07, 6.45) is 2.14. The zero-order chi connectivity index (χ0) is 18.1. The maximum atomic E-state index is 11.6. The Labute approximate surface area is 155 Å². The molecule has 2 amide bonds. The van der Waals surface area contributed by atoms with Crippen molar-refractivity contribution in [2.24, 2.45) is 0 Å². The lowest BCUT2D eigenvalue weighted by atomic mass is 10.1. The van der Waals surface area contributed by atoms with Gasteiger partial charge in [0, 0.05) is 11.6 Å². The van der Waals surface area contributed by atoms with Crippen LogP contribution in [0.2, 0.25) is 5.02 Å². The minimum Gasteiger partial charge on any atom is -0.459 e. The number of furan rings is 1. The van der Waals surface area contributed by atoms with Gasteiger partial charge in [0.25, 0.3) is 11.8 Å². The third-order valence-corrected chi connectivity index (χ3v) is 3.58. The number of carbonyl (C=O) groups excluding carboxylic acids is 2. The molecule has 0 aliphatic rings. The fourth-order valence-corrected chi connectivity index (χ4v) is 2.12. The van der Waals surface area contributed by atoms with Gasteiger partial charge in [0.15, 0.2) is 10.9 Å². The van der Waals surface area contributed by atoms with Crippen molar-refractivity contribution in [2.45, 2.75) is 6.42 Å². The van der Waals surface area contributed by atoms with Crippen LogP contribution in [0.15, 0.2) is 47.1 Å². The lowest BCUT2D eigenvalue weighted by Crippen LogP contribution is -2.50. The van der Waals surface area contributed by atoms with Gasteiger partial charge in [0.1, 0.15) is 0 Å². The normalized spacial score (nSPS) is 9.96. The Morgan fingerprint density at radius 3 is 2.52 bits per heavy atom. The summed E-state index contributed by atoms with van der Waals surface area (Å²) in [4.78, 5) is 23.2. The van der Waals surface area contributed by atoms with Gasteiger partial charge in [-0.05, 0) is 48.5 Å². The second-order valence-corrected chi connectivity index (χ2v) is 5.81. The molecule has 2 aromatic rings. The Morgan fingerprint density at radius 1 is 1.08 bits per heavy atom. The molecule has 0 atom stereocenters. The van der Waals surface area contributed by atoms with Crippen molar-refractivity contribution in [3.8, 4) is 0 Å². The highest BCUT2D eigenvalue weighted by Gasteiger charge is 2.10. The summed E-state index contributed by atoms with van der Waals surface area (Å²) in [5, 5.41) is 6.35. The maximum absolute atomic E-state index is 11.6. The van der Waals surface area contributed by atoms with Crippen LogP contribution < -0.4 is 21.5 Å². The molecule has 9 heteroatoms. The first-order valence-corrected chi connectivity index (χ1v) is 8.22. The highest BCUT2D eigenvalue weighted by molar-refractivity contribution is 7.80. The van der Waals surface area contributed by atoms with E-state index in [1.54, 1.807) is 6.07 Å². The molecule has 0 radical (unpaired) electrons. The maximum Gasteiger partial charge on any atom is 0.287 e. The first kappa shape index (κ1) is 18.8. The summed E-state index contributed by atoms with van der Waals surface area (Å²) >= 11 is 10.9. The predicted octanol–water partition coefficient (Wildman–Crippen LogP) is 1.40. The lowest BCUT2D eigenvalue weighted by molar-refractivity contribution is -0.120. The molecule has 1 aromatic carbocycles. The summed E-state index contributed by atoms with van der Waals surface area (Å²) in [5.41, 5.74) is 6.06. The summed E-state index contributed by atoms with van der Waals surface area (Å²) in [6.45, 7) is 0.387. The summed E-state index contributed by atoms with van der Waals surface area (Å²) in [7, 11) is 0. The minimum atomic E-state index is -0.469. The van der Waals surface area contributed by atoms with Crippen LogP contribution in [0.25, 0.3) is 0 Å². The largest absolute Gasteiger partial charge is 0.459 e. The van der Waals surface area contributed by atoms with E-state index in [2.05, 4.69) is 21.5 Å². The number of benzene rings is 1. The Morgan fingerprint density at radius 2 is 1.84 bits per heavy atom. The Hall–Kier alpha value is -2.58. The number of nitrogens with one attached hydrogen (secondary N) is 4. The summed E-state index contributed by atoms with van der Waals surface area (Å²) < 4.78 is 4.92. The molecule has 2 rings (SSSR count). The van der Waals surface area contributed by atoms with Gasteiger partial charge < -0.3 is 15.1 Å². The van der Waals surface area contributed by atoms with Crippen LogP contribution in [0.3, 0.4) is 0 Å². The molecule has 0 unspecified atom stereocenters. The molecule has 0 aliphatic carbocycles. The molecule has 25 heavy (non-hydrogen) atoms. The number of halogens is 1. The van der Waals surface area contributed by atoms with E-state index in [1.807, 2.05) is 24.3 Å². The third-order valence-electron chi connectivity index (χ3n) is 3.08. The number of hydrogen-bond acceptors (Lipinski definition) is 4. The molecular formula is C16H17ClN4O3S. The SMILES string of the molecule is O=C(CNC(=O)c1ccco1)NNC(=S)NCCc1ccc(Cl)cc1. The van der Waals surface area contributed by atoms with Crippen molar-refractivity contribution >= 4 is 40.7 Å². The Bertz CT molecular complexity index is 719. The summed E-state index contributed by atoms with van der Waals surface area (Å²) in [5.74, 6) is -0.772. The van der Waals surface area contributed by atoms with E-state index >= 15 is 0 Å². The fourth-order valence-electron chi connectivity index (χ4n) is 1.84. The van der Waals surface area contributed by atoms with Crippen LogP contribution >= 0.6 is 23.8 Å². The van der Waals surface area contributed by atoms with Crippen molar-refractivity contribution in [1.82, 2.24) is 21.5 Å². The molecule has 7 nitrogen and oxygen atoms in total. The van der Waals surface area contributed by atoms with Gasteiger partial charge in [0.2, 0.25) is 0 Å². The minimum absolute atomic E-state index is 0.139. The van der Waals surface area contributed by atoms with Crippen LogP contribution in [-0.4, -0.2) is 30.0 Å². The van der Waals surface area contributed by atoms with Crippen LogP contribution in [0, 0.1) is 0 Å². The zero-order valence-electron chi connectivity index (χ0n) is 13.2. The number of hydrogen-bond donors (Lipinski definition) is 4.